The Morgan fingerprint density at radius 3 is 2.28 bits per heavy atom. The van der Waals surface area contributed by atoms with Gasteiger partial charge in [0.2, 0.25) is 5.89 Å². The highest BCUT2D eigenvalue weighted by molar-refractivity contribution is 7.09. The van der Waals surface area contributed by atoms with Gasteiger partial charge in [-0.1, -0.05) is 0 Å². The van der Waals surface area contributed by atoms with E-state index in [1.54, 1.807) is 53.8 Å². The number of nitrogens with one attached hydrogen (secondary N) is 1. The molecule has 2 aromatic rings. The smallest absolute Gasteiger partial charge is 0.408 e. The Morgan fingerprint density at radius 2 is 1.72 bits per heavy atom. The number of thiazole rings is 1. The molecule has 10 nitrogen and oxygen atoms in total. The third-order valence-electron chi connectivity index (χ3n) is 3.71. The van der Waals surface area contributed by atoms with E-state index in [-0.39, 0.29) is 18.0 Å². The fourth-order valence-corrected chi connectivity index (χ4v) is 3.30. The summed E-state index contributed by atoms with van der Waals surface area (Å²) in [5, 5.41) is 4.77. The minimum atomic E-state index is -1.01. The number of carbonyl (C=O) groups is 3. The van der Waals surface area contributed by atoms with E-state index in [9.17, 15) is 14.4 Å². The SMILES string of the molecule is COC(=O)c1nc(-c2csc(C[C@H](NC(=O)OC(C)(C)C)C(=O)OC(C)(C)C)n2)oc1C. The number of oxazole rings is 1. The molecule has 2 rings (SSSR count). The fraction of sp³-hybridized carbons (Fsp3) is 0.571. The van der Waals surface area contributed by atoms with Crippen LogP contribution in [0, 0.1) is 6.92 Å². The predicted octanol–water partition coefficient (Wildman–Crippen LogP) is 3.67. The Hall–Kier alpha value is -2.95. The lowest BCUT2D eigenvalue weighted by Gasteiger charge is -2.25. The maximum Gasteiger partial charge on any atom is 0.408 e. The van der Waals surface area contributed by atoms with Gasteiger partial charge in [0.25, 0.3) is 0 Å². The van der Waals surface area contributed by atoms with E-state index >= 15 is 0 Å². The summed E-state index contributed by atoms with van der Waals surface area (Å²) < 4.78 is 20.9. The van der Waals surface area contributed by atoms with Crippen molar-refractivity contribution in [3.05, 3.63) is 21.8 Å². The lowest BCUT2D eigenvalue weighted by atomic mass is 10.1. The van der Waals surface area contributed by atoms with Gasteiger partial charge in [0.15, 0.2) is 5.69 Å². The number of rotatable bonds is 6. The number of aromatic nitrogens is 2. The van der Waals surface area contributed by atoms with Crippen molar-refractivity contribution in [3.63, 3.8) is 0 Å². The van der Waals surface area contributed by atoms with Crippen LogP contribution >= 0.6 is 11.3 Å². The average molecular weight is 468 g/mol. The molecule has 0 radical (unpaired) electrons. The topological polar surface area (TPSA) is 130 Å². The Kier molecular flexibility index (Phi) is 7.66. The summed E-state index contributed by atoms with van der Waals surface area (Å²) in [5.41, 5.74) is -1.01. The van der Waals surface area contributed by atoms with Crippen molar-refractivity contribution in [1.82, 2.24) is 15.3 Å². The number of nitrogens with zero attached hydrogens (tertiary/aromatic N) is 2. The highest BCUT2D eigenvalue weighted by atomic mass is 32.1. The molecule has 0 unspecified atom stereocenters. The van der Waals surface area contributed by atoms with Crippen molar-refractivity contribution in [2.24, 2.45) is 0 Å². The first-order valence-electron chi connectivity index (χ1n) is 9.91. The summed E-state index contributed by atoms with van der Waals surface area (Å²) in [5.74, 6) is -0.765. The molecule has 0 aliphatic rings. The second-order valence-electron chi connectivity index (χ2n) is 8.98. The van der Waals surface area contributed by atoms with Gasteiger partial charge in [0.1, 0.15) is 28.7 Å². The predicted molar refractivity (Wildman–Crippen MR) is 116 cm³/mol. The van der Waals surface area contributed by atoms with E-state index < -0.39 is 35.3 Å². The van der Waals surface area contributed by atoms with Crippen LogP contribution in [0.3, 0.4) is 0 Å². The molecule has 0 fully saturated rings. The Morgan fingerprint density at radius 1 is 1.09 bits per heavy atom. The number of alkyl carbamates (subject to hydrolysis) is 1. The summed E-state index contributed by atoms with van der Waals surface area (Å²) in [7, 11) is 1.26. The van der Waals surface area contributed by atoms with E-state index in [0.29, 0.717) is 16.5 Å². The number of aryl methyl sites for hydroxylation is 1. The van der Waals surface area contributed by atoms with Crippen molar-refractivity contribution >= 4 is 29.4 Å². The lowest BCUT2D eigenvalue weighted by molar-refractivity contribution is -0.157. The first kappa shape index (κ1) is 25.3. The Bertz CT molecular complexity index is 982. The van der Waals surface area contributed by atoms with Crippen LogP contribution in [-0.2, 0) is 25.4 Å². The van der Waals surface area contributed by atoms with Gasteiger partial charge in [-0.05, 0) is 48.5 Å². The number of carbonyl (C=O) groups excluding carboxylic acids is 3. The van der Waals surface area contributed by atoms with Gasteiger partial charge >= 0.3 is 18.0 Å². The third-order valence-corrected chi connectivity index (χ3v) is 4.58. The summed E-state index contributed by atoms with van der Waals surface area (Å²) in [6, 6.07) is -1.01. The average Bonchev–Trinajstić information content (AvgIpc) is 3.24. The minimum absolute atomic E-state index is 0.0651. The van der Waals surface area contributed by atoms with Gasteiger partial charge in [-0.15, -0.1) is 11.3 Å². The van der Waals surface area contributed by atoms with Crippen molar-refractivity contribution in [1.29, 1.82) is 0 Å². The van der Waals surface area contributed by atoms with Crippen molar-refractivity contribution in [2.45, 2.75) is 72.1 Å². The molecule has 1 amide bonds. The van der Waals surface area contributed by atoms with E-state index in [1.165, 1.54) is 18.4 Å². The molecule has 0 aliphatic heterocycles. The summed E-state index contributed by atoms with van der Waals surface area (Å²) in [6.45, 7) is 12.0. The molecule has 0 saturated carbocycles. The maximum absolute atomic E-state index is 12.7. The van der Waals surface area contributed by atoms with Crippen molar-refractivity contribution in [3.8, 4) is 11.6 Å². The largest absolute Gasteiger partial charge is 0.464 e. The molecule has 0 spiro atoms. The lowest BCUT2D eigenvalue weighted by Crippen LogP contribution is -2.47. The Balaban J connectivity index is 2.22. The number of esters is 2. The second kappa shape index (κ2) is 9.68. The normalized spacial score (nSPS) is 12.8. The molecule has 2 heterocycles. The zero-order valence-corrected chi connectivity index (χ0v) is 20.3. The summed E-state index contributed by atoms with van der Waals surface area (Å²) >= 11 is 1.25. The third kappa shape index (κ3) is 7.33. The van der Waals surface area contributed by atoms with Crippen LogP contribution in [0.25, 0.3) is 11.6 Å². The molecule has 0 aliphatic carbocycles. The van der Waals surface area contributed by atoms with Crippen LogP contribution in [0.4, 0.5) is 4.79 Å². The Labute approximate surface area is 190 Å². The van der Waals surface area contributed by atoms with Crippen LogP contribution in [0.2, 0.25) is 0 Å². The quantitative estimate of drug-likeness (QED) is 0.499. The number of ether oxygens (including phenoxy) is 3. The van der Waals surface area contributed by atoms with Crippen molar-refractivity contribution < 1.29 is 33.0 Å². The standard InChI is InChI=1S/C21H29N3O7S/c1-11-15(18(26)28-8)24-16(29-11)13-10-32-14(22-13)9-12(17(25)30-20(2,3)4)23-19(27)31-21(5,6)7/h10,12H,9H2,1-8H3,(H,23,27)/t12-/m0/s1. The molecule has 0 bridgehead atoms. The molecular weight excluding hydrogens is 438 g/mol. The van der Waals surface area contributed by atoms with E-state index in [0.717, 1.165) is 0 Å². The van der Waals surface area contributed by atoms with Crippen LogP contribution in [0.1, 0.15) is 62.8 Å². The van der Waals surface area contributed by atoms with Crippen molar-refractivity contribution in [2.75, 3.05) is 7.11 Å². The monoisotopic (exact) mass is 467 g/mol. The number of methoxy groups -OCH3 is 1. The molecule has 2 aromatic heterocycles. The summed E-state index contributed by atoms with van der Waals surface area (Å²) in [4.78, 5) is 45.3. The molecule has 1 atom stereocenters. The maximum atomic E-state index is 12.7. The highest BCUT2D eigenvalue weighted by Crippen LogP contribution is 2.25. The van der Waals surface area contributed by atoms with Gasteiger partial charge in [-0.3, -0.25) is 0 Å². The van der Waals surface area contributed by atoms with E-state index in [2.05, 4.69) is 20.0 Å². The minimum Gasteiger partial charge on any atom is -0.464 e. The van der Waals surface area contributed by atoms with Crippen LogP contribution in [0.5, 0.6) is 0 Å². The van der Waals surface area contributed by atoms with Crippen LogP contribution < -0.4 is 5.32 Å². The number of hydrogen-bond acceptors (Lipinski definition) is 10. The van der Waals surface area contributed by atoms with Gasteiger partial charge < -0.3 is 23.9 Å². The highest BCUT2D eigenvalue weighted by Gasteiger charge is 2.30. The zero-order chi connectivity index (χ0) is 24.3. The molecule has 32 heavy (non-hydrogen) atoms. The molecule has 1 N–H and O–H groups in total. The molecule has 0 aromatic carbocycles. The molecule has 11 heteroatoms. The van der Waals surface area contributed by atoms with Crippen LogP contribution in [-0.4, -0.2) is 52.4 Å². The zero-order valence-electron chi connectivity index (χ0n) is 19.5. The molecular formula is C21H29N3O7S. The van der Waals surface area contributed by atoms with E-state index in [4.69, 9.17) is 13.9 Å². The van der Waals surface area contributed by atoms with Crippen LogP contribution in [0.15, 0.2) is 9.80 Å². The first-order chi connectivity index (χ1) is 14.7. The molecule has 0 saturated heterocycles. The van der Waals surface area contributed by atoms with Gasteiger partial charge in [-0.2, -0.15) is 0 Å². The number of hydrogen-bond donors (Lipinski definition) is 1. The molecule has 176 valence electrons. The van der Waals surface area contributed by atoms with Gasteiger partial charge in [-0.25, -0.2) is 24.4 Å². The second-order valence-corrected chi connectivity index (χ2v) is 9.92. The van der Waals surface area contributed by atoms with Gasteiger partial charge in [0.05, 0.1) is 12.1 Å². The first-order valence-corrected chi connectivity index (χ1v) is 10.8. The van der Waals surface area contributed by atoms with Gasteiger partial charge in [0, 0.05) is 11.8 Å². The van der Waals surface area contributed by atoms with E-state index in [1.807, 2.05) is 0 Å². The number of amides is 1. The fourth-order valence-electron chi connectivity index (χ4n) is 2.49. The summed E-state index contributed by atoms with van der Waals surface area (Å²) in [6.07, 6.45) is -0.668.